The van der Waals surface area contributed by atoms with Crippen LogP contribution in [-0.2, 0) is 24.3 Å². The fourth-order valence-electron chi connectivity index (χ4n) is 3.62. The number of aromatic nitrogens is 2. The van der Waals surface area contributed by atoms with Gasteiger partial charge < -0.3 is 9.84 Å². The second-order valence-corrected chi connectivity index (χ2v) is 7.03. The Kier molecular flexibility index (Phi) is 5.31. The third kappa shape index (κ3) is 4.09. The number of nitrogens with zero attached hydrogens (tertiary/aromatic N) is 4. The standard InChI is InChI=1S/C20H24N4O3/c25-9-10-27-20-21-12-17-11-18(26)24(19(17)22-20)14-16-5-3-15(4-6-16)13-23-7-1-2-8-23/h3-6,12,25H,1-2,7-11,13-14H2. The Labute approximate surface area is 158 Å². The van der Waals surface area contributed by atoms with E-state index in [4.69, 9.17) is 9.84 Å². The van der Waals surface area contributed by atoms with Crippen molar-refractivity contribution in [3.63, 3.8) is 0 Å². The second-order valence-electron chi connectivity index (χ2n) is 7.03. The van der Waals surface area contributed by atoms with Gasteiger partial charge in [-0.1, -0.05) is 24.3 Å². The molecule has 0 atom stereocenters. The van der Waals surface area contributed by atoms with E-state index in [2.05, 4.69) is 39.1 Å². The highest BCUT2D eigenvalue weighted by atomic mass is 16.5. The molecular weight excluding hydrogens is 344 g/mol. The topological polar surface area (TPSA) is 78.8 Å². The normalized spacial score (nSPS) is 16.8. The van der Waals surface area contributed by atoms with Gasteiger partial charge in [-0.25, -0.2) is 4.98 Å². The van der Waals surface area contributed by atoms with Crippen molar-refractivity contribution in [2.75, 3.05) is 31.2 Å². The van der Waals surface area contributed by atoms with Crippen LogP contribution in [0, 0.1) is 0 Å². The minimum atomic E-state index is -0.104. The van der Waals surface area contributed by atoms with Gasteiger partial charge in [0.05, 0.1) is 19.6 Å². The molecule has 1 fully saturated rings. The van der Waals surface area contributed by atoms with Gasteiger partial charge in [0.1, 0.15) is 12.4 Å². The highest BCUT2D eigenvalue weighted by Gasteiger charge is 2.30. The number of hydrogen-bond acceptors (Lipinski definition) is 6. The van der Waals surface area contributed by atoms with Crippen molar-refractivity contribution in [3.8, 4) is 6.01 Å². The van der Waals surface area contributed by atoms with Crippen molar-refractivity contribution < 1.29 is 14.6 Å². The number of anilines is 1. The first-order valence-corrected chi connectivity index (χ1v) is 9.43. The summed E-state index contributed by atoms with van der Waals surface area (Å²) >= 11 is 0. The Morgan fingerprint density at radius 2 is 1.78 bits per heavy atom. The largest absolute Gasteiger partial charge is 0.461 e. The molecule has 0 spiro atoms. The summed E-state index contributed by atoms with van der Waals surface area (Å²) in [5, 5.41) is 8.87. The van der Waals surface area contributed by atoms with Crippen molar-refractivity contribution in [3.05, 3.63) is 47.2 Å². The second kappa shape index (κ2) is 8.02. The van der Waals surface area contributed by atoms with Crippen molar-refractivity contribution >= 4 is 11.7 Å². The van der Waals surface area contributed by atoms with Crippen LogP contribution < -0.4 is 9.64 Å². The summed E-state index contributed by atoms with van der Waals surface area (Å²) in [5.74, 6) is 0.615. The summed E-state index contributed by atoms with van der Waals surface area (Å²) in [6.07, 6.45) is 4.52. The Bertz CT molecular complexity index is 803. The maximum atomic E-state index is 12.4. The average molecular weight is 368 g/mol. The van der Waals surface area contributed by atoms with E-state index in [0.29, 0.717) is 18.8 Å². The van der Waals surface area contributed by atoms with E-state index >= 15 is 0 Å². The van der Waals surface area contributed by atoms with Gasteiger partial charge in [0, 0.05) is 18.3 Å². The van der Waals surface area contributed by atoms with Gasteiger partial charge in [-0.3, -0.25) is 14.6 Å². The molecule has 4 rings (SSSR count). The molecule has 1 saturated heterocycles. The molecule has 0 bridgehead atoms. The number of amides is 1. The lowest BCUT2D eigenvalue weighted by Gasteiger charge is -2.18. The van der Waals surface area contributed by atoms with Crippen molar-refractivity contribution in [1.82, 2.24) is 14.9 Å². The zero-order valence-electron chi connectivity index (χ0n) is 15.3. The number of aliphatic hydroxyl groups excluding tert-OH is 1. The maximum Gasteiger partial charge on any atom is 0.318 e. The van der Waals surface area contributed by atoms with Crippen LogP contribution in [-0.4, -0.2) is 52.2 Å². The molecule has 7 nitrogen and oxygen atoms in total. The van der Waals surface area contributed by atoms with Crippen LogP contribution in [0.15, 0.2) is 30.5 Å². The molecule has 2 aliphatic rings. The number of fused-ring (bicyclic) bond motifs is 1. The molecule has 0 saturated carbocycles. The lowest BCUT2D eigenvalue weighted by atomic mass is 10.1. The van der Waals surface area contributed by atoms with Crippen LogP contribution in [0.5, 0.6) is 6.01 Å². The van der Waals surface area contributed by atoms with Gasteiger partial charge >= 0.3 is 6.01 Å². The molecule has 7 heteroatoms. The summed E-state index contributed by atoms with van der Waals surface area (Å²) < 4.78 is 5.28. The van der Waals surface area contributed by atoms with Crippen LogP contribution >= 0.6 is 0 Å². The molecule has 3 heterocycles. The molecule has 0 aliphatic carbocycles. The molecule has 142 valence electrons. The zero-order chi connectivity index (χ0) is 18.6. The molecule has 1 amide bonds. The average Bonchev–Trinajstić information content (AvgIpc) is 3.29. The summed E-state index contributed by atoms with van der Waals surface area (Å²) in [6.45, 7) is 3.86. The van der Waals surface area contributed by atoms with Crippen molar-refractivity contribution in [1.29, 1.82) is 0 Å². The summed E-state index contributed by atoms with van der Waals surface area (Å²) in [6, 6.07) is 8.64. The molecule has 0 radical (unpaired) electrons. The van der Waals surface area contributed by atoms with Crippen molar-refractivity contribution in [2.45, 2.75) is 32.4 Å². The van der Waals surface area contributed by atoms with E-state index < -0.39 is 0 Å². The first-order valence-electron chi connectivity index (χ1n) is 9.43. The van der Waals surface area contributed by atoms with Gasteiger partial charge in [0.15, 0.2) is 0 Å². The van der Waals surface area contributed by atoms with Gasteiger partial charge in [0.2, 0.25) is 5.91 Å². The van der Waals surface area contributed by atoms with E-state index in [9.17, 15) is 4.79 Å². The van der Waals surface area contributed by atoms with Gasteiger partial charge in [0.25, 0.3) is 0 Å². The first kappa shape index (κ1) is 17.9. The number of hydrogen-bond donors (Lipinski definition) is 1. The predicted octanol–water partition coefficient (Wildman–Crippen LogP) is 1.53. The Hall–Kier alpha value is -2.51. The number of carbonyl (C=O) groups is 1. The molecule has 2 aliphatic heterocycles. The number of aliphatic hydroxyl groups is 1. The van der Waals surface area contributed by atoms with Crippen LogP contribution in [0.1, 0.15) is 29.5 Å². The molecule has 0 unspecified atom stereocenters. The number of carbonyl (C=O) groups excluding carboxylic acids is 1. The van der Waals surface area contributed by atoms with E-state index in [1.165, 1.54) is 31.5 Å². The number of rotatable bonds is 7. The quantitative estimate of drug-likeness (QED) is 0.799. The number of likely N-dealkylation sites (tertiary alicyclic amines) is 1. The molecule has 2 aromatic rings. The van der Waals surface area contributed by atoms with E-state index in [1.807, 2.05) is 0 Å². The third-order valence-corrected chi connectivity index (χ3v) is 5.01. The SMILES string of the molecule is O=C1Cc2cnc(OCCO)nc2N1Cc1ccc(CN2CCCC2)cc1. The van der Waals surface area contributed by atoms with Crippen molar-refractivity contribution in [2.24, 2.45) is 0 Å². The van der Waals surface area contributed by atoms with E-state index in [0.717, 1.165) is 17.7 Å². The lowest BCUT2D eigenvalue weighted by molar-refractivity contribution is -0.117. The fourth-order valence-corrected chi connectivity index (χ4v) is 3.62. The van der Waals surface area contributed by atoms with Crippen LogP contribution in [0.3, 0.4) is 0 Å². The van der Waals surface area contributed by atoms with Crippen LogP contribution in [0.25, 0.3) is 0 Å². The van der Waals surface area contributed by atoms with Gasteiger partial charge in [-0.2, -0.15) is 4.98 Å². The smallest absolute Gasteiger partial charge is 0.318 e. The highest BCUT2D eigenvalue weighted by molar-refractivity contribution is 6.00. The monoisotopic (exact) mass is 368 g/mol. The first-order chi connectivity index (χ1) is 13.2. The highest BCUT2D eigenvalue weighted by Crippen LogP contribution is 2.29. The predicted molar refractivity (Wildman–Crippen MR) is 100 cm³/mol. The zero-order valence-corrected chi connectivity index (χ0v) is 15.3. The lowest BCUT2D eigenvalue weighted by Crippen LogP contribution is -2.26. The fraction of sp³-hybridized carbons (Fsp3) is 0.450. The number of benzene rings is 1. The van der Waals surface area contributed by atoms with Gasteiger partial charge in [-0.05, 0) is 37.1 Å². The molecule has 1 aromatic carbocycles. The Morgan fingerprint density at radius 3 is 2.48 bits per heavy atom. The molecular formula is C20H24N4O3. The summed E-state index contributed by atoms with van der Waals surface area (Å²) in [5.41, 5.74) is 3.18. The van der Waals surface area contributed by atoms with Crippen LogP contribution in [0.4, 0.5) is 5.82 Å². The van der Waals surface area contributed by atoms with E-state index in [1.54, 1.807) is 11.1 Å². The molecule has 1 N–H and O–H groups in total. The Morgan fingerprint density at radius 1 is 1.07 bits per heavy atom. The maximum absolute atomic E-state index is 12.4. The van der Waals surface area contributed by atoms with E-state index in [-0.39, 0.29) is 25.1 Å². The molecule has 27 heavy (non-hydrogen) atoms. The Balaban J connectivity index is 1.45. The minimum Gasteiger partial charge on any atom is -0.461 e. The van der Waals surface area contributed by atoms with Crippen LogP contribution in [0.2, 0.25) is 0 Å². The van der Waals surface area contributed by atoms with Gasteiger partial charge in [-0.15, -0.1) is 0 Å². The summed E-state index contributed by atoms with van der Waals surface area (Å²) in [4.78, 5) is 25.0. The summed E-state index contributed by atoms with van der Waals surface area (Å²) in [7, 11) is 0. The molecule has 1 aromatic heterocycles. The number of ether oxygens (including phenoxy) is 1. The minimum absolute atomic E-state index is 0.0137. The third-order valence-electron chi connectivity index (χ3n) is 5.01.